The minimum atomic E-state index is -0.363. The van der Waals surface area contributed by atoms with Gasteiger partial charge in [-0.2, -0.15) is 0 Å². The molecule has 3 aromatic heterocycles. The number of nitrogens with zero attached hydrogens (tertiary/aromatic N) is 3. The van der Waals surface area contributed by atoms with Gasteiger partial charge in [0.15, 0.2) is 0 Å². The Hall–Kier alpha value is -5.50. The minimum Gasteiger partial charge on any atom is -0.399 e. The summed E-state index contributed by atoms with van der Waals surface area (Å²) in [6, 6.07) is 53.9. The number of fused-ring (bicyclic) bond motifs is 6. The van der Waals surface area contributed by atoms with E-state index in [0.717, 1.165) is 55.2 Å². The maximum Gasteiger partial charge on any atom is 0.494 e. The molecular weight excluding hydrogens is 732 g/mol. The summed E-state index contributed by atoms with van der Waals surface area (Å²) in [6.45, 7) is 8.35. The van der Waals surface area contributed by atoms with Gasteiger partial charge in [0, 0.05) is 27.2 Å². The molecule has 1 fully saturated rings. The van der Waals surface area contributed by atoms with Crippen LogP contribution in [0.1, 0.15) is 27.7 Å². The normalized spacial score (nSPS) is 14.7. The predicted molar refractivity (Wildman–Crippen MR) is 234 cm³/mol. The second-order valence-corrected chi connectivity index (χ2v) is 15.9. The molecule has 0 spiro atoms. The highest BCUT2D eigenvalue weighted by Crippen LogP contribution is 2.39. The van der Waals surface area contributed by atoms with E-state index < -0.39 is 0 Å². The second-order valence-electron chi connectivity index (χ2n) is 15.1. The van der Waals surface area contributed by atoms with Crippen LogP contribution in [0.2, 0.25) is 10.3 Å². The minimum absolute atomic E-state index is 0.347. The number of para-hydroxylation sites is 2. The molecule has 4 heterocycles. The molecule has 9 aromatic rings. The Balaban J connectivity index is 0.000000146. The molecule has 0 atom stereocenters. The van der Waals surface area contributed by atoms with Crippen LogP contribution in [0, 0.1) is 0 Å². The molecule has 274 valence electrons. The lowest BCUT2D eigenvalue weighted by Gasteiger charge is -2.32. The number of hydrogen-bond acceptors (Lipinski definition) is 4. The van der Waals surface area contributed by atoms with Crippen molar-refractivity contribution in [2.45, 2.75) is 38.9 Å². The quantitative estimate of drug-likeness (QED) is 0.102. The monoisotopic (exact) mass is 769 g/mol. The average molecular weight is 771 g/mol. The van der Waals surface area contributed by atoms with E-state index in [2.05, 4.69) is 151 Å². The van der Waals surface area contributed by atoms with Crippen molar-refractivity contribution in [2.75, 3.05) is 0 Å². The van der Waals surface area contributed by atoms with Crippen LogP contribution < -0.4 is 5.46 Å². The Labute approximate surface area is 336 Å². The molecule has 8 heteroatoms. The maximum atomic E-state index is 6.40. The van der Waals surface area contributed by atoms with Crippen LogP contribution in [-0.4, -0.2) is 32.9 Å². The molecular formula is C48H38BCl2N3O2. The van der Waals surface area contributed by atoms with Crippen molar-refractivity contribution in [1.82, 2.24) is 14.5 Å². The molecule has 1 saturated heterocycles. The third-order valence-corrected chi connectivity index (χ3v) is 11.5. The van der Waals surface area contributed by atoms with Crippen molar-refractivity contribution >= 4 is 79.4 Å². The Morgan fingerprint density at radius 3 is 1.41 bits per heavy atom. The molecule has 56 heavy (non-hydrogen) atoms. The first-order chi connectivity index (χ1) is 27.1. The summed E-state index contributed by atoms with van der Waals surface area (Å²) in [5, 5.41) is 5.39. The standard InChI is InChI=1S/C24H24BNO2.C24H14Cl2N2/c1-23(2)24(3,4)28-25(27-23)17-10-9-11-18(16-17)26-21-14-7-5-12-19(21)20-13-6-8-15-22(20)26;25-21-13-19(15-7-3-1-4-8-15)17-11-12-18-20(16-9-5-2-6-10-16)14-22(26)28-24(18)23(17)27-21/h5-16H,1-4H3;1-14H. The number of halogens is 2. The first kappa shape index (κ1) is 36.2. The van der Waals surface area contributed by atoms with Crippen LogP contribution in [0.25, 0.3) is 71.6 Å². The van der Waals surface area contributed by atoms with Crippen LogP contribution in [0.15, 0.2) is 158 Å². The molecule has 1 aliphatic heterocycles. The smallest absolute Gasteiger partial charge is 0.399 e. The third kappa shape index (κ3) is 6.43. The third-order valence-electron chi connectivity index (χ3n) is 11.1. The number of benzene rings is 6. The van der Waals surface area contributed by atoms with Gasteiger partial charge in [0.25, 0.3) is 0 Å². The van der Waals surface area contributed by atoms with Crippen molar-refractivity contribution < 1.29 is 9.31 Å². The van der Waals surface area contributed by atoms with E-state index >= 15 is 0 Å². The van der Waals surface area contributed by atoms with Gasteiger partial charge < -0.3 is 13.9 Å². The fraction of sp³-hybridized carbons (Fsp3) is 0.125. The van der Waals surface area contributed by atoms with Gasteiger partial charge in [0.05, 0.1) is 33.3 Å². The molecule has 0 radical (unpaired) electrons. The molecule has 0 N–H and O–H groups in total. The Bertz CT molecular complexity index is 2740. The van der Waals surface area contributed by atoms with Gasteiger partial charge in [0.2, 0.25) is 0 Å². The lowest BCUT2D eigenvalue weighted by atomic mass is 9.79. The van der Waals surface area contributed by atoms with Crippen molar-refractivity contribution in [3.05, 3.63) is 168 Å². The van der Waals surface area contributed by atoms with Crippen molar-refractivity contribution in [1.29, 1.82) is 0 Å². The molecule has 0 bridgehead atoms. The van der Waals surface area contributed by atoms with E-state index in [9.17, 15) is 0 Å². The summed E-state index contributed by atoms with van der Waals surface area (Å²) < 4.78 is 14.9. The zero-order chi connectivity index (χ0) is 38.6. The van der Waals surface area contributed by atoms with Gasteiger partial charge in [0.1, 0.15) is 10.3 Å². The van der Waals surface area contributed by atoms with Gasteiger partial charge in [-0.3, -0.25) is 0 Å². The summed E-state index contributed by atoms with van der Waals surface area (Å²) in [5.74, 6) is 0. The lowest BCUT2D eigenvalue weighted by Crippen LogP contribution is -2.41. The van der Waals surface area contributed by atoms with E-state index in [1.54, 1.807) is 0 Å². The molecule has 10 rings (SSSR count). The zero-order valence-corrected chi connectivity index (χ0v) is 33.0. The topological polar surface area (TPSA) is 49.2 Å². The summed E-state index contributed by atoms with van der Waals surface area (Å²) in [6.07, 6.45) is 0. The maximum absolute atomic E-state index is 6.40. The molecule has 0 amide bonds. The molecule has 6 aromatic carbocycles. The fourth-order valence-electron chi connectivity index (χ4n) is 7.62. The summed E-state index contributed by atoms with van der Waals surface area (Å²) in [4.78, 5) is 9.22. The summed E-state index contributed by atoms with van der Waals surface area (Å²) in [7, 11) is -0.363. The van der Waals surface area contributed by atoms with E-state index in [0.29, 0.717) is 10.3 Å². The molecule has 1 aliphatic rings. The summed E-state index contributed by atoms with van der Waals surface area (Å²) in [5.41, 5.74) is 9.60. The van der Waals surface area contributed by atoms with Gasteiger partial charge in [-0.05, 0) is 91.8 Å². The van der Waals surface area contributed by atoms with Gasteiger partial charge in [-0.25, -0.2) is 9.97 Å². The van der Waals surface area contributed by atoms with Crippen LogP contribution in [0.4, 0.5) is 0 Å². The number of aromatic nitrogens is 3. The zero-order valence-electron chi connectivity index (χ0n) is 31.5. The van der Waals surface area contributed by atoms with Gasteiger partial charge >= 0.3 is 7.12 Å². The number of rotatable bonds is 4. The molecule has 5 nitrogen and oxygen atoms in total. The Morgan fingerprint density at radius 2 is 0.929 bits per heavy atom. The van der Waals surface area contributed by atoms with E-state index in [4.69, 9.17) is 32.5 Å². The first-order valence-electron chi connectivity index (χ1n) is 18.7. The van der Waals surface area contributed by atoms with Crippen LogP contribution in [0.5, 0.6) is 0 Å². The first-order valence-corrected chi connectivity index (χ1v) is 19.5. The van der Waals surface area contributed by atoms with Crippen molar-refractivity contribution in [3.63, 3.8) is 0 Å². The van der Waals surface area contributed by atoms with E-state index in [-0.39, 0.29) is 18.3 Å². The average Bonchev–Trinajstić information content (AvgIpc) is 3.66. The SMILES string of the molecule is CC1(C)OB(c2cccc(-n3c4ccccc4c4ccccc43)c2)OC1(C)C.Clc1cc(-c2ccccc2)c2ccc3c(-c4ccccc4)cc(Cl)nc3c2n1. The van der Waals surface area contributed by atoms with Crippen molar-refractivity contribution in [3.8, 4) is 27.9 Å². The lowest BCUT2D eigenvalue weighted by molar-refractivity contribution is 0.00578. The van der Waals surface area contributed by atoms with Gasteiger partial charge in [-0.1, -0.05) is 145 Å². The predicted octanol–water partition coefficient (Wildman–Crippen LogP) is 12.5. The fourth-order valence-corrected chi connectivity index (χ4v) is 8.00. The summed E-state index contributed by atoms with van der Waals surface area (Å²) >= 11 is 12.8. The number of pyridine rings is 2. The molecule has 0 unspecified atom stereocenters. The second kappa shape index (κ2) is 14.2. The van der Waals surface area contributed by atoms with Crippen LogP contribution in [-0.2, 0) is 9.31 Å². The molecule has 0 saturated carbocycles. The van der Waals surface area contributed by atoms with Crippen molar-refractivity contribution in [2.24, 2.45) is 0 Å². The highest BCUT2D eigenvalue weighted by atomic mass is 35.5. The van der Waals surface area contributed by atoms with Crippen LogP contribution >= 0.6 is 23.2 Å². The Kier molecular flexibility index (Phi) is 9.18. The number of hydrogen-bond donors (Lipinski definition) is 0. The highest BCUT2D eigenvalue weighted by molar-refractivity contribution is 6.62. The van der Waals surface area contributed by atoms with Crippen LogP contribution in [0.3, 0.4) is 0 Å². The molecule has 0 aliphatic carbocycles. The largest absolute Gasteiger partial charge is 0.494 e. The van der Waals surface area contributed by atoms with Gasteiger partial charge in [-0.15, -0.1) is 0 Å². The van der Waals surface area contributed by atoms with E-state index in [1.807, 2.05) is 48.5 Å². The highest BCUT2D eigenvalue weighted by Gasteiger charge is 2.51. The Morgan fingerprint density at radius 1 is 0.482 bits per heavy atom. The van der Waals surface area contributed by atoms with E-state index in [1.165, 1.54) is 21.8 Å².